The summed E-state index contributed by atoms with van der Waals surface area (Å²) >= 11 is 8.01. The van der Waals surface area contributed by atoms with Gasteiger partial charge in [0.1, 0.15) is 11.6 Å². The summed E-state index contributed by atoms with van der Waals surface area (Å²) in [6.07, 6.45) is 5.14. The second-order valence-corrected chi connectivity index (χ2v) is 7.97. The predicted molar refractivity (Wildman–Crippen MR) is 122 cm³/mol. The van der Waals surface area contributed by atoms with Crippen molar-refractivity contribution in [3.63, 3.8) is 0 Å². The van der Waals surface area contributed by atoms with E-state index in [2.05, 4.69) is 21.4 Å². The number of ether oxygens (including phenoxy) is 2. The van der Waals surface area contributed by atoms with Gasteiger partial charge in [0.15, 0.2) is 16.7 Å². The third-order valence-corrected chi connectivity index (χ3v) is 6.26. The molecule has 0 aliphatic carbocycles. The zero-order valence-corrected chi connectivity index (χ0v) is 18.6. The molecule has 0 fully saturated rings. The van der Waals surface area contributed by atoms with Crippen molar-refractivity contribution in [1.82, 2.24) is 14.5 Å². The van der Waals surface area contributed by atoms with E-state index in [1.54, 1.807) is 26.5 Å². The lowest BCUT2D eigenvalue weighted by Crippen LogP contribution is -1.99. The van der Waals surface area contributed by atoms with E-state index in [9.17, 15) is 5.26 Å². The van der Waals surface area contributed by atoms with Crippen LogP contribution in [0.5, 0.6) is 11.5 Å². The molecule has 2 aromatic carbocycles. The first-order valence-corrected chi connectivity index (χ1v) is 10.4. The van der Waals surface area contributed by atoms with Gasteiger partial charge in [-0.15, -0.1) is 0 Å². The Kier molecular flexibility index (Phi) is 5.89. The van der Waals surface area contributed by atoms with Crippen LogP contribution in [0, 0.1) is 11.3 Å². The number of benzene rings is 2. The summed E-state index contributed by atoms with van der Waals surface area (Å²) < 4.78 is 12.8. The zero-order valence-electron chi connectivity index (χ0n) is 17.0. The van der Waals surface area contributed by atoms with Gasteiger partial charge < -0.3 is 19.4 Å². The van der Waals surface area contributed by atoms with Crippen LogP contribution >= 0.6 is 23.4 Å². The second kappa shape index (κ2) is 8.76. The number of fused-ring (bicyclic) bond motifs is 1. The molecule has 0 unspecified atom stereocenters. The second-order valence-electron chi connectivity index (χ2n) is 6.55. The Morgan fingerprint density at radius 2 is 2.00 bits per heavy atom. The molecule has 4 rings (SSSR count). The van der Waals surface area contributed by atoms with Gasteiger partial charge in [-0.05, 0) is 30.3 Å². The Bertz CT molecular complexity index is 1320. The molecule has 0 saturated carbocycles. The number of nitriles is 1. The van der Waals surface area contributed by atoms with E-state index in [0.717, 1.165) is 21.1 Å². The highest BCUT2D eigenvalue weighted by Crippen LogP contribution is 2.40. The largest absolute Gasteiger partial charge is 0.493 e. The normalized spacial score (nSPS) is 10.7. The van der Waals surface area contributed by atoms with Crippen LogP contribution < -0.4 is 14.8 Å². The SMILES string of the molecule is COc1ccc2c(Nc3ccc(Sc4nccn4C)c(Cl)c3)c(C#N)cnc2c1OC. The van der Waals surface area contributed by atoms with Crippen LogP contribution in [0.3, 0.4) is 0 Å². The maximum absolute atomic E-state index is 9.63. The molecule has 9 heteroatoms. The van der Waals surface area contributed by atoms with Crippen molar-refractivity contribution in [2.75, 3.05) is 19.5 Å². The third kappa shape index (κ3) is 3.98. The van der Waals surface area contributed by atoms with Crippen LogP contribution in [-0.4, -0.2) is 28.8 Å². The Balaban J connectivity index is 1.73. The van der Waals surface area contributed by atoms with Crippen LogP contribution in [0.15, 0.2) is 59.0 Å². The van der Waals surface area contributed by atoms with Crippen LogP contribution in [0.25, 0.3) is 10.9 Å². The molecular weight excluding hydrogens is 434 g/mol. The summed E-state index contributed by atoms with van der Waals surface area (Å²) in [6.45, 7) is 0. The van der Waals surface area contributed by atoms with Gasteiger partial charge in [0, 0.05) is 41.6 Å². The minimum atomic E-state index is 0.405. The monoisotopic (exact) mass is 451 g/mol. The molecule has 0 bridgehead atoms. The quantitative estimate of drug-likeness (QED) is 0.419. The number of hydrogen-bond donors (Lipinski definition) is 1. The molecule has 2 heterocycles. The number of aromatic nitrogens is 3. The highest BCUT2D eigenvalue weighted by molar-refractivity contribution is 7.99. The summed E-state index contributed by atoms with van der Waals surface area (Å²) in [5, 5.41) is 15.1. The number of methoxy groups -OCH3 is 2. The molecule has 31 heavy (non-hydrogen) atoms. The minimum absolute atomic E-state index is 0.405. The number of aryl methyl sites for hydroxylation is 1. The lowest BCUT2D eigenvalue weighted by molar-refractivity contribution is 0.358. The summed E-state index contributed by atoms with van der Waals surface area (Å²) in [5.41, 5.74) is 2.36. The maximum atomic E-state index is 9.63. The van der Waals surface area contributed by atoms with E-state index >= 15 is 0 Å². The number of nitrogens with zero attached hydrogens (tertiary/aromatic N) is 4. The summed E-state index contributed by atoms with van der Waals surface area (Å²) in [4.78, 5) is 9.61. The predicted octanol–water partition coefficient (Wildman–Crippen LogP) is 5.41. The van der Waals surface area contributed by atoms with Gasteiger partial charge in [-0.2, -0.15) is 5.26 Å². The van der Waals surface area contributed by atoms with Gasteiger partial charge in [0.05, 0.1) is 30.5 Å². The number of pyridine rings is 1. The van der Waals surface area contributed by atoms with Gasteiger partial charge in [-0.1, -0.05) is 23.4 Å². The lowest BCUT2D eigenvalue weighted by Gasteiger charge is -2.15. The molecule has 0 atom stereocenters. The van der Waals surface area contributed by atoms with Crippen LogP contribution in [0.4, 0.5) is 11.4 Å². The standard InChI is InChI=1S/C22H18ClN5O2S/c1-28-9-8-25-22(28)31-18-7-4-14(10-16(18)23)27-19-13(11-24)12-26-20-15(19)5-6-17(29-2)21(20)30-3/h4-10,12H,1-3H3,(H,26,27). The van der Waals surface area contributed by atoms with Crippen molar-refractivity contribution in [1.29, 1.82) is 5.26 Å². The maximum Gasteiger partial charge on any atom is 0.187 e. The molecule has 1 N–H and O–H groups in total. The van der Waals surface area contributed by atoms with Crippen LogP contribution in [0.1, 0.15) is 5.56 Å². The first-order valence-electron chi connectivity index (χ1n) is 9.21. The number of anilines is 2. The van der Waals surface area contributed by atoms with Crippen LogP contribution in [-0.2, 0) is 7.05 Å². The van der Waals surface area contributed by atoms with Crippen molar-refractivity contribution < 1.29 is 9.47 Å². The van der Waals surface area contributed by atoms with E-state index in [0.29, 0.717) is 33.3 Å². The molecule has 0 aliphatic rings. The number of hydrogen-bond acceptors (Lipinski definition) is 7. The van der Waals surface area contributed by atoms with Crippen molar-refractivity contribution >= 4 is 45.6 Å². The van der Waals surface area contributed by atoms with Crippen LogP contribution in [0.2, 0.25) is 5.02 Å². The number of imidazole rings is 1. The smallest absolute Gasteiger partial charge is 0.187 e. The molecule has 4 aromatic rings. The lowest BCUT2D eigenvalue weighted by atomic mass is 10.1. The van der Waals surface area contributed by atoms with E-state index in [4.69, 9.17) is 21.1 Å². The molecule has 156 valence electrons. The minimum Gasteiger partial charge on any atom is -0.493 e. The van der Waals surface area contributed by atoms with E-state index in [1.165, 1.54) is 18.0 Å². The summed E-state index contributed by atoms with van der Waals surface area (Å²) in [5.74, 6) is 1.07. The van der Waals surface area contributed by atoms with Crippen molar-refractivity contribution in [2.45, 2.75) is 10.1 Å². The Labute approximate surface area is 188 Å². The fourth-order valence-corrected chi connectivity index (χ4v) is 4.26. The third-order valence-electron chi connectivity index (χ3n) is 4.68. The fraction of sp³-hybridized carbons (Fsp3) is 0.136. The molecule has 7 nitrogen and oxygen atoms in total. The molecule has 0 saturated heterocycles. The summed E-state index contributed by atoms with van der Waals surface area (Å²) in [7, 11) is 5.06. The molecular formula is C22H18ClN5O2S. The van der Waals surface area contributed by atoms with Gasteiger partial charge in [-0.25, -0.2) is 4.98 Å². The van der Waals surface area contributed by atoms with Crippen molar-refractivity contribution in [2.24, 2.45) is 7.05 Å². The average Bonchev–Trinajstić information content (AvgIpc) is 3.19. The number of rotatable bonds is 6. The van der Waals surface area contributed by atoms with E-state index in [1.807, 2.05) is 42.1 Å². The topological polar surface area (TPSA) is 85.0 Å². The van der Waals surface area contributed by atoms with Crippen molar-refractivity contribution in [3.8, 4) is 17.6 Å². The first kappa shape index (κ1) is 20.8. The molecule has 2 aromatic heterocycles. The van der Waals surface area contributed by atoms with Gasteiger partial charge >= 0.3 is 0 Å². The Morgan fingerprint density at radius 3 is 2.65 bits per heavy atom. The molecule has 0 radical (unpaired) electrons. The molecule has 0 aliphatic heterocycles. The molecule has 0 amide bonds. The number of nitrogens with one attached hydrogen (secondary N) is 1. The zero-order chi connectivity index (χ0) is 22.0. The Hall–Kier alpha value is -3.41. The Morgan fingerprint density at radius 1 is 1.16 bits per heavy atom. The van der Waals surface area contributed by atoms with Gasteiger partial charge in [0.2, 0.25) is 0 Å². The first-order chi connectivity index (χ1) is 15.0. The number of halogens is 1. The highest BCUT2D eigenvalue weighted by atomic mass is 35.5. The summed E-state index contributed by atoms with van der Waals surface area (Å²) in [6, 6.07) is 11.5. The molecule has 0 spiro atoms. The van der Waals surface area contributed by atoms with Gasteiger partial charge in [0.25, 0.3) is 0 Å². The fourth-order valence-electron chi connectivity index (χ4n) is 3.15. The van der Waals surface area contributed by atoms with Crippen molar-refractivity contribution in [3.05, 3.63) is 59.5 Å². The van der Waals surface area contributed by atoms with E-state index < -0.39 is 0 Å². The average molecular weight is 452 g/mol. The van der Waals surface area contributed by atoms with Gasteiger partial charge in [-0.3, -0.25) is 4.98 Å². The highest BCUT2D eigenvalue weighted by Gasteiger charge is 2.16. The van der Waals surface area contributed by atoms with E-state index in [-0.39, 0.29) is 0 Å².